The number of pyridine rings is 1. The largest absolute Gasteiger partial charge is 0.370 e. The van der Waals surface area contributed by atoms with Gasteiger partial charge in [-0.25, -0.2) is 15.0 Å². The minimum Gasteiger partial charge on any atom is -0.370 e. The molecule has 0 saturated carbocycles. The summed E-state index contributed by atoms with van der Waals surface area (Å²) in [5.41, 5.74) is 0.622. The van der Waals surface area contributed by atoms with E-state index >= 15 is 0 Å². The maximum Gasteiger partial charge on any atom is 0.290 e. The summed E-state index contributed by atoms with van der Waals surface area (Å²) < 4.78 is 0. The molecule has 0 atom stereocenters. The quantitative estimate of drug-likeness (QED) is 0.744. The van der Waals surface area contributed by atoms with Crippen molar-refractivity contribution in [3.05, 3.63) is 47.3 Å². The number of rotatable bonds is 5. The molecule has 28 heavy (non-hydrogen) atoms. The van der Waals surface area contributed by atoms with E-state index in [9.17, 15) is 9.59 Å². The highest BCUT2D eigenvalue weighted by Gasteiger charge is 2.25. The Hall–Kier alpha value is -2.94. The molecule has 2 aliphatic rings. The van der Waals surface area contributed by atoms with Crippen molar-refractivity contribution in [3.63, 3.8) is 0 Å². The van der Waals surface area contributed by atoms with Gasteiger partial charge >= 0.3 is 0 Å². The Morgan fingerprint density at radius 2 is 2.04 bits per heavy atom. The smallest absolute Gasteiger partial charge is 0.290 e. The second-order valence-electron chi connectivity index (χ2n) is 6.66. The van der Waals surface area contributed by atoms with Crippen molar-refractivity contribution in [1.82, 2.24) is 20.3 Å². The normalized spacial score (nSPS) is 19.1. The van der Waals surface area contributed by atoms with Gasteiger partial charge in [0.25, 0.3) is 11.1 Å². The first kappa shape index (κ1) is 18.4. The van der Waals surface area contributed by atoms with Gasteiger partial charge in [-0.05, 0) is 54.8 Å². The molecule has 0 aromatic carbocycles. The lowest BCUT2D eigenvalue weighted by Gasteiger charge is -2.32. The molecule has 2 fully saturated rings. The number of hydrogen-bond acceptors (Lipinski definition) is 8. The molecule has 0 bridgehead atoms. The van der Waals surface area contributed by atoms with E-state index in [1.807, 2.05) is 18.2 Å². The van der Waals surface area contributed by atoms with Crippen molar-refractivity contribution in [2.75, 3.05) is 29.9 Å². The maximum atomic E-state index is 11.7. The first-order valence-electron chi connectivity index (χ1n) is 9.15. The van der Waals surface area contributed by atoms with Crippen molar-refractivity contribution in [3.8, 4) is 0 Å². The van der Waals surface area contributed by atoms with Crippen LogP contribution in [0.5, 0.6) is 0 Å². The maximum absolute atomic E-state index is 11.7. The first-order valence-corrected chi connectivity index (χ1v) is 9.97. The van der Waals surface area contributed by atoms with Gasteiger partial charge in [0, 0.05) is 32.0 Å². The second-order valence-corrected chi connectivity index (χ2v) is 7.67. The molecule has 4 heterocycles. The van der Waals surface area contributed by atoms with Crippen LogP contribution < -0.4 is 15.5 Å². The molecule has 9 heteroatoms. The highest BCUT2D eigenvalue weighted by Crippen LogP contribution is 2.26. The number of nitrogens with one attached hydrogen (secondary N) is 2. The molecule has 2 aliphatic heterocycles. The Labute approximate surface area is 166 Å². The lowest BCUT2D eigenvalue weighted by Crippen LogP contribution is -2.37. The summed E-state index contributed by atoms with van der Waals surface area (Å²) in [6.45, 7) is 2.66. The van der Waals surface area contributed by atoms with E-state index in [0.717, 1.165) is 50.1 Å². The SMILES string of the molecule is O=C1NC(=O)/C(=C\c2ccnc(N3CCC(CNc4ccccn4)CC3)n2)S1. The number of hydrogen-bond donors (Lipinski definition) is 2. The molecule has 2 aromatic heterocycles. The number of carbonyl (C=O) groups is 2. The number of piperidine rings is 1. The summed E-state index contributed by atoms with van der Waals surface area (Å²) >= 11 is 0.889. The zero-order valence-corrected chi connectivity index (χ0v) is 16.0. The van der Waals surface area contributed by atoms with E-state index in [1.54, 1.807) is 24.5 Å². The highest BCUT2D eigenvalue weighted by atomic mass is 32.2. The first-order chi connectivity index (χ1) is 13.7. The van der Waals surface area contributed by atoms with Crippen LogP contribution in [0.3, 0.4) is 0 Å². The van der Waals surface area contributed by atoms with Crippen LogP contribution in [-0.2, 0) is 4.79 Å². The summed E-state index contributed by atoms with van der Waals surface area (Å²) in [6.07, 6.45) is 7.18. The van der Waals surface area contributed by atoms with Crippen LogP contribution in [0.4, 0.5) is 16.6 Å². The molecule has 0 radical (unpaired) electrons. The van der Waals surface area contributed by atoms with Gasteiger partial charge in [-0.15, -0.1) is 0 Å². The van der Waals surface area contributed by atoms with E-state index in [0.29, 0.717) is 22.5 Å². The van der Waals surface area contributed by atoms with Crippen LogP contribution in [-0.4, -0.2) is 45.7 Å². The van der Waals surface area contributed by atoms with Gasteiger partial charge in [-0.1, -0.05) is 6.07 Å². The molecule has 2 amide bonds. The summed E-state index contributed by atoms with van der Waals surface area (Å²) in [6, 6.07) is 7.58. The van der Waals surface area contributed by atoms with E-state index in [4.69, 9.17) is 0 Å². The lowest BCUT2D eigenvalue weighted by atomic mass is 9.97. The van der Waals surface area contributed by atoms with Crippen molar-refractivity contribution in [2.24, 2.45) is 5.92 Å². The van der Waals surface area contributed by atoms with E-state index < -0.39 is 0 Å². The molecule has 0 spiro atoms. The Kier molecular flexibility index (Phi) is 5.52. The molecule has 0 aliphatic carbocycles. The average Bonchev–Trinajstić information content (AvgIpc) is 3.04. The van der Waals surface area contributed by atoms with Crippen molar-refractivity contribution in [1.29, 1.82) is 0 Å². The molecule has 4 rings (SSSR count). The zero-order chi connectivity index (χ0) is 19.3. The monoisotopic (exact) mass is 396 g/mol. The lowest BCUT2D eigenvalue weighted by molar-refractivity contribution is -0.115. The number of amides is 2. The third-order valence-corrected chi connectivity index (χ3v) is 5.53. The van der Waals surface area contributed by atoms with Gasteiger partial charge in [0.15, 0.2) is 0 Å². The molecule has 2 aromatic rings. The van der Waals surface area contributed by atoms with Crippen molar-refractivity contribution >= 4 is 40.8 Å². The van der Waals surface area contributed by atoms with Crippen molar-refractivity contribution < 1.29 is 9.59 Å². The minimum atomic E-state index is -0.378. The van der Waals surface area contributed by atoms with E-state index in [1.165, 1.54) is 0 Å². The topological polar surface area (TPSA) is 100 Å². The minimum absolute atomic E-state index is 0.355. The number of nitrogens with zero attached hydrogens (tertiary/aromatic N) is 4. The number of imide groups is 1. The van der Waals surface area contributed by atoms with Gasteiger partial charge < -0.3 is 10.2 Å². The third kappa shape index (κ3) is 4.48. The summed E-state index contributed by atoms with van der Waals surface area (Å²) in [7, 11) is 0. The van der Waals surface area contributed by atoms with Crippen LogP contribution >= 0.6 is 11.8 Å². The molecule has 0 unspecified atom stereocenters. The van der Waals surface area contributed by atoms with Crippen LogP contribution in [0.25, 0.3) is 6.08 Å². The van der Waals surface area contributed by atoms with Crippen molar-refractivity contribution in [2.45, 2.75) is 12.8 Å². The fourth-order valence-electron chi connectivity index (χ4n) is 3.20. The van der Waals surface area contributed by atoms with Crippen LogP contribution in [0.1, 0.15) is 18.5 Å². The summed E-state index contributed by atoms with van der Waals surface area (Å²) in [5, 5.41) is 5.28. The molecule has 8 nitrogen and oxygen atoms in total. The van der Waals surface area contributed by atoms with Gasteiger partial charge in [0.05, 0.1) is 10.6 Å². The molecular formula is C19H20N6O2S. The third-order valence-electron chi connectivity index (χ3n) is 4.72. The van der Waals surface area contributed by atoms with Crippen LogP contribution in [0.2, 0.25) is 0 Å². The highest BCUT2D eigenvalue weighted by molar-refractivity contribution is 8.18. The van der Waals surface area contributed by atoms with E-state index in [2.05, 4.69) is 30.5 Å². The average molecular weight is 396 g/mol. The number of thioether (sulfide) groups is 1. The Morgan fingerprint density at radius 1 is 1.18 bits per heavy atom. The fraction of sp³-hybridized carbons (Fsp3) is 0.316. The Morgan fingerprint density at radius 3 is 2.75 bits per heavy atom. The van der Waals surface area contributed by atoms with Crippen LogP contribution in [0.15, 0.2) is 41.6 Å². The summed E-state index contributed by atoms with van der Waals surface area (Å²) in [5.74, 6) is 1.76. The molecule has 2 saturated heterocycles. The standard InChI is InChI=1S/C19H20N6O2S/c26-17-15(28-19(27)24-17)11-14-4-8-21-18(23-14)25-9-5-13(6-10-25)12-22-16-3-1-2-7-20-16/h1-4,7-8,11,13H,5-6,9-10,12H2,(H,20,22)(H,24,26,27)/b15-11+. The molecular weight excluding hydrogens is 376 g/mol. The Bertz CT molecular complexity index is 896. The van der Waals surface area contributed by atoms with Gasteiger partial charge in [0.1, 0.15) is 5.82 Å². The molecule has 144 valence electrons. The van der Waals surface area contributed by atoms with Crippen LogP contribution in [0, 0.1) is 5.92 Å². The van der Waals surface area contributed by atoms with E-state index in [-0.39, 0.29) is 11.1 Å². The second kappa shape index (κ2) is 8.39. The van der Waals surface area contributed by atoms with Gasteiger partial charge in [0.2, 0.25) is 5.95 Å². The zero-order valence-electron chi connectivity index (χ0n) is 15.2. The number of carbonyl (C=O) groups excluding carboxylic acids is 2. The Balaban J connectivity index is 1.34. The number of anilines is 2. The predicted molar refractivity (Wildman–Crippen MR) is 109 cm³/mol. The van der Waals surface area contributed by atoms with Gasteiger partial charge in [-0.2, -0.15) is 0 Å². The van der Waals surface area contributed by atoms with Gasteiger partial charge in [-0.3, -0.25) is 14.9 Å². The molecule has 2 N–H and O–H groups in total. The predicted octanol–water partition coefficient (Wildman–Crippen LogP) is 2.52. The number of aromatic nitrogens is 3. The fourth-order valence-corrected chi connectivity index (χ4v) is 3.87. The summed E-state index contributed by atoms with van der Waals surface area (Å²) in [4.78, 5) is 38.7.